The monoisotopic (exact) mass is 395 g/mol. The van der Waals surface area contributed by atoms with Gasteiger partial charge in [0.25, 0.3) is 0 Å². The number of rotatable bonds is 14. The van der Waals surface area contributed by atoms with Crippen LogP contribution in [0.4, 0.5) is 0 Å². The molecule has 0 spiro atoms. The highest BCUT2D eigenvalue weighted by Gasteiger charge is 2.36. The van der Waals surface area contributed by atoms with Crippen LogP contribution in [-0.4, -0.2) is 61.9 Å². The van der Waals surface area contributed by atoms with Crippen LogP contribution in [0.3, 0.4) is 0 Å². The molecular weight excluding hydrogens is 360 g/mol. The first-order valence-corrected chi connectivity index (χ1v) is 9.82. The molecule has 1 aromatic rings. The molecule has 3 N–H and O–H groups in total. The van der Waals surface area contributed by atoms with Crippen LogP contribution in [-0.2, 0) is 9.59 Å². The van der Waals surface area contributed by atoms with E-state index in [0.717, 1.165) is 12.8 Å². The SMILES string of the molecule is CCCCCCOc1cccc(OCC(=O)C(CC(=O)O)C(N)[N+](C)(C)C)c1. The number of quaternary nitrogens is 1. The number of carboxylic acids is 1. The molecule has 7 nitrogen and oxygen atoms in total. The minimum Gasteiger partial charge on any atom is -0.493 e. The van der Waals surface area contributed by atoms with E-state index in [4.69, 9.17) is 20.3 Å². The molecule has 0 saturated carbocycles. The fraction of sp³-hybridized carbons (Fsp3) is 0.619. The van der Waals surface area contributed by atoms with Gasteiger partial charge in [0.1, 0.15) is 24.3 Å². The number of ketones is 1. The number of nitrogens with zero attached hydrogens (tertiary/aromatic N) is 1. The van der Waals surface area contributed by atoms with Crippen LogP contribution in [0, 0.1) is 5.92 Å². The predicted molar refractivity (Wildman–Crippen MR) is 108 cm³/mol. The molecule has 7 heteroatoms. The molecule has 28 heavy (non-hydrogen) atoms. The van der Waals surface area contributed by atoms with Gasteiger partial charge >= 0.3 is 5.97 Å². The fourth-order valence-electron chi connectivity index (χ4n) is 2.79. The van der Waals surface area contributed by atoms with Crippen molar-refractivity contribution in [2.24, 2.45) is 11.7 Å². The van der Waals surface area contributed by atoms with E-state index in [1.807, 2.05) is 27.2 Å². The summed E-state index contributed by atoms with van der Waals surface area (Å²) in [5, 5.41) is 9.13. The van der Waals surface area contributed by atoms with Gasteiger partial charge in [0.2, 0.25) is 0 Å². The Labute approximate surface area is 168 Å². The number of unbranched alkanes of at least 4 members (excludes halogenated alkanes) is 3. The lowest BCUT2D eigenvalue weighted by Crippen LogP contribution is -2.57. The average Bonchev–Trinajstić information content (AvgIpc) is 2.63. The molecule has 2 unspecified atom stereocenters. The third kappa shape index (κ3) is 8.71. The lowest BCUT2D eigenvalue weighted by Gasteiger charge is -2.35. The highest BCUT2D eigenvalue weighted by atomic mass is 16.5. The summed E-state index contributed by atoms with van der Waals surface area (Å²) in [7, 11) is 5.49. The Morgan fingerprint density at radius 1 is 1.11 bits per heavy atom. The molecule has 0 aliphatic heterocycles. The van der Waals surface area contributed by atoms with Crippen molar-refractivity contribution in [2.45, 2.75) is 45.2 Å². The molecule has 0 fully saturated rings. The fourth-order valence-corrected chi connectivity index (χ4v) is 2.79. The molecule has 1 aromatic carbocycles. The smallest absolute Gasteiger partial charge is 0.304 e. The van der Waals surface area contributed by atoms with E-state index in [1.54, 1.807) is 18.2 Å². The van der Waals surface area contributed by atoms with Crippen LogP contribution < -0.4 is 15.2 Å². The summed E-state index contributed by atoms with van der Waals surface area (Å²) in [5.74, 6) is -1.01. The van der Waals surface area contributed by atoms with Crippen molar-refractivity contribution in [1.82, 2.24) is 0 Å². The maximum Gasteiger partial charge on any atom is 0.304 e. The molecule has 0 heterocycles. The van der Waals surface area contributed by atoms with Crippen molar-refractivity contribution in [3.8, 4) is 11.5 Å². The van der Waals surface area contributed by atoms with Crippen LogP contribution in [0.15, 0.2) is 24.3 Å². The Hall–Kier alpha value is -2.12. The summed E-state index contributed by atoms with van der Waals surface area (Å²) in [5.41, 5.74) is 6.14. The summed E-state index contributed by atoms with van der Waals surface area (Å²) in [6.45, 7) is 2.57. The number of aliphatic carboxylic acids is 1. The van der Waals surface area contributed by atoms with Gasteiger partial charge in [-0.2, -0.15) is 0 Å². The first kappa shape index (κ1) is 23.9. The molecular formula is C21H35N2O5+. The highest BCUT2D eigenvalue weighted by Crippen LogP contribution is 2.21. The summed E-state index contributed by atoms with van der Waals surface area (Å²) >= 11 is 0. The van der Waals surface area contributed by atoms with Crippen LogP contribution in [0.2, 0.25) is 0 Å². The molecule has 0 aliphatic carbocycles. The molecule has 0 radical (unpaired) electrons. The van der Waals surface area contributed by atoms with Crippen molar-refractivity contribution < 1.29 is 28.7 Å². The van der Waals surface area contributed by atoms with Crippen molar-refractivity contribution in [1.29, 1.82) is 0 Å². The zero-order chi connectivity index (χ0) is 21.2. The maximum absolute atomic E-state index is 12.6. The number of nitrogens with two attached hydrogens (primary N) is 1. The number of carbonyl (C=O) groups is 2. The van der Waals surface area contributed by atoms with E-state index in [1.165, 1.54) is 12.8 Å². The zero-order valence-corrected chi connectivity index (χ0v) is 17.5. The quantitative estimate of drug-likeness (QED) is 0.285. The van der Waals surface area contributed by atoms with Gasteiger partial charge in [-0.15, -0.1) is 0 Å². The average molecular weight is 396 g/mol. The zero-order valence-electron chi connectivity index (χ0n) is 17.5. The van der Waals surface area contributed by atoms with Crippen molar-refractivity contribution in [3.63, 3.8) is 0 Å². The minimum atomic E-state index is -1.05. The number of carboxylic acid groups (broad SMARTS) is 1. The Kier molecular flexibility index (Phi) is 9.96. The molecule has 2 atom stereocenters. The number of hydrogen-bond acceptors (Lipinski definition) is 5. The topological polar surface area (TPSA) is 98.8 Å². The van der Waals surface area contributed by atoms with Gasteiger partial charge in [-0.3, -0.25) is 15.3 Å². The van der Waals surface area contributed by atoms with Gasteiger partial charge in [0.05, 0.1) is 40.1 Å². The third-order valence-electron chi connectivity index (χ3n) is 4.57. The van der Waals surface area contributed by atoms with Gasteiger partial charge in [-0.25, -0.2) is 0 Å². The Balaban J connectivity index is 2.64. The predicted octanol–water partition coefficient (Wildman–Crippen LogP) is 2.68. The second-order valence-electron chi connectivity index (χ2n) is 7.95. The molecule has 0 amide bonds. The van der Waals surface area contributed by atoms with Gasteiger partial charge in [-0.05, 0) is 18.6 Å². The summed E-state index contributed by atoms with van der Waals surface area (Å²) in [6.07, 6.45) is 3.56. The van der Waals surface area contributed by atoms with Gasteiger partial charge in [0.15, 0.2) is 5.78 Å². The maximum atomic E-state index is 12.6. The van der Waals surface area contributed by atoms with Crippen molar-refractivity contribution >= 4 is 11.8 Å². The lowest BCUT2D eigenvalue weighted by atomic mass is 9.95. The van der Waals surface area contributed by atoms with Gasteiger partial charge < -0.3 is 19.1 Å². The van der Waals surface area contributed by atoms with Crippen molar-refractivity contribution in [2.75, 3.05) is 34.4 Å². The van der Waals surface area contributed by atoms with E-state index < -0.39 is 18.1 Å². The number of hydrogen-bond donors (Lipinski definition) is 2. The lowest BCUT2D eigenvalue weighted by molar-refractivity contribution is -0.898. The number of ether oxygens (including phenoxy) is 2. The Morgan fingerprint density at radius 3 is 2.32 bits per heavy atom. The Bertz CT molecular complexity index is 627. The second kappa shape index (κ2) is 11.7. The molecule has 0 bridgehead atoms. The standard InChI is InChI=1S/C21H34N2O5/c1-5-6-7-8-12-27-16-10-9-11-17(13-16)28-15-19(24)18(14-20(25)26)21(22)23(2,3)4/h9-11,13,18,21H,5-8,12,14-15,22H2,1-4H3/p+1. The minimum absolute atomic E-state index is 0.231. The Morgan fingerprint density at radius 2 is 1.75 bits per heavy atom. The van der Waals surface area contributed by atoms with Crippen LogP contribution in [0.25, 0.3) is 0 Å². The largest absolute Gasteiger partial charge is 0.493 e. The van der Waals surface area contributed by atoms with E-state index in [0.29, 0.717) is 18.1 Å². The van der Waals surface area contributed by atoms with E-state index in [9.17, 15) is 9.59 Å². The number of benzene rings is 1. The molecule has 158 valence electrons. The van der Waals surface area contributed by atoms with Gasteiger partial charge in [-0.1, -0.05) is 32.3 Å². The second-order valence-corrected chi connectivity index (χ2v) is 7.95. The van der Waals surface area contributed by atoms with E-state index >= 15 is 0 Å². The van der Waals surface area contributed by atoms with Gasteiger partial charge in [0, 0.05) is 6.07 Å². The number of carbonyl (C=O) groups excluding carboxylic acids is 1. The van der Waals surface area contributed by atoms with Crippen molar-refractivity contribution in [3.05, 3.63) is 24.3 Å². The first-order valence-electron chi connectivity index (χ1n) is 9.82. The summed E-state index contributed by atoms with van der Waals surface area (Å²) < 4.78 is 11.6. The summed E-state index contributed by atoms with van der Waals surface area (Å²) in [4.78, 5) is 23.7. The third-order valence-corrected chi connectivity index (χ3v) is 4.57. The highest BCUT2D eigenvalue weighted by molar-refractivity contribution is 5.86. The first-order chi connectivity index (χ1) is 13.1. The number of Topliss-reactive ketones (excluding diaryl/α,β-unsaturated/α-hetero) is 1. The van der Waals surface area contributed by atoms with Crippen LogP contribution in [0.5, 0.6) is 11.5 Å². The van der Waals surface area contributed by atoms with E-state index in [2.05, 4.69) is 6.92 Å². The summed E-state index contributed by atoms with van der Waals surface area (Å²) in [6, 6.07) is 7.12. The van der Waals surface area contributed by atoms with Crippen LogP contribution in [0.1, 0.15) is 39.0 Å². The van der Waals surface area contributed by atoms with Crippen LogP contribution >= 0.6 is 0 Å². The molecule has 0 aliphatic rings. The normalized spacial score (nSPS) is 13.6. The molecule has 0 aromatic heterocycles. The molecule has 0 saturated heterocycles. The van der Waals surface area contributed by atoms with E-state index in [-0.39, 0.29) is 23.3 Å². The molecule has 1 rings (SSSR count).